The number of carbonyl (C=O) groups excluding carboxylic acids is 1. The Morgan fingerprint density at radius 2 is 2.12 bits per heavy atom. The molecule has 0 heterocycles. The van der Waals surface area contributed by atoms with E-state index in [2.05, 4.69) is 24.1 Å². The van der Waals surface area contributed by atoms with Crippen molar-refractivity contribution >= 4 is 5.91 Å². The minimum atomic E-state index is 0.105. The van der Waals surface area contributed by atoms with E-state index in [1.165, 1.54) is 0 Å². The van der Waals surface area contributed by atoms with E-state index >= 15 is 0 Å². The molecular weight excluding hydrogens is 214 g/mol. The average Bonchev–Trinajstić information content (AvgIpc) is 2.28. The molecule has 0 spiro atoms. The molecule has 0 saturated heterocycles. The van der Waals surface area contributed by atoms with Gasteiger partial charge < -0.3 is 16.0 Å². The topological polar surface area (TPSA) is 58.4 Å². The molecule has 1 amide bonds. The van der Waals surface area contributed by atoms with Crippen molar-refractivity contribution in [3.05, 3.63) is 0 Å². The third-order valence-corrected chi connectivity index (χ3v) is 4.03. The summed E-state index contributed by atoms with van der Waals surface area (Å²) in [5.74, 6) is 0.749. The Morgan fingerprint density at radius 3 is 2.71 bits per heavy atom. The molecule has 3 N–H and O–H groups in total. The number of hydrogen-bond donors (Lipinski definition) is 2. The second-order valence-electron chi connectivity index (χ2n) is 5.71. The van der Waals surface area contributed by atoms with Crippen LogP contribution in [0.15, 0.2) is 0 Å². The standard InChI is InChI=1S/C13H27N3O/c1-9-5-6-11(14)7-12(9)13(17)15-8-10(2)16(3)4/h9-12H,5-8,14H2,1-4H3,(H,15,17). The van der Waals surface area contributed by atoms with Crippen LogP contribution in [0.25, 0.3) is 0 Å². The fourth-order valence-corrected chi connectivity index (χ4v) is 2.28. The van der Waals surface area contributed by atoms with Crippen LogP contribution in [0.4, 0.5) is 0 Å². The molecule has 1 aliphatic rings. The molecule has 0 aromatic heterocycles. The number of rotatable bonds is 4. The van der Waals surface area contributed by atoms with Crippen molar-refractivity contribution in [1.29, 1.82) is 0 Å². The largest absolute Gasteiger partial charge is 0.354 e. The van der Waals surface area contributed by atoms with Crippen LogP contribution in [0.1, 0.15) is 33.1 Å². The summed E-state index contributed by atoms with van der Waals surface area (Å²) in [6.07, 6.45) is 2.96. The lowest BCUT2D eigenvalue weighted by Crippen LogP contribution is -2.45. The zero-order valence-electron chi connectivity index (χ0n) is 11.6. The van der Waals surface area contributed by atoms with Crippen LogP contribution in [-0.4, -0.2) is 43.5 Å². The second kappa shape index (κ2) is 6.36. The lowest BCUT2D eigenvalue weighted by Gasteiger charge is -2.32. The normalized spacial score (nSPS) is 31.3. The highest BCUT2D eigenvalue weighted by Gasteiger charge is 2.31. The molecular formula is C13H27N3O. The predicted octanol–water partition coefficient (Wildman–Crippen LogP) is 0.816. The first-order valence-electron chi connectivity index (χ1n) is 6.61. The van der Waals surface area contributed by atoms with Crippen molar-refractivity contribution < 1.29 is 4.79 Å². The van der Waals surface area contributed by atoms with Crippen LogP contribution >= 0.6 is 0 Å². The molecule has 1 aliphatic carbocycles. The SMILES string of the molecule is CC1CCC(N)CC1C(=O)NCC(C)N(C)C. The number of nitrogens with zero attached hydrogens (tertiary/aromatic N) is 1. The van der Waals surface area contributed by atoms with Crippen molar-refractivity contribution in [2.75, 3.05) is 20.6 Å². The zero-order valence-corrected chi connectivity index (χ0v) is 11.6. The van der Waals surface area contributed by atoms with Gasteiger partial charge in [-0.05, 0) is 46.2 Å². The Hall–Kier alpha value is -0.610. The molecule has 0 aromatic carbocycles. The Balaban J connectivity index is 2.40. The van der Waals surface area contributed by atoms with Crippen molar-refractivity contribution in [1.82, 2.24) is 10.2 Å². The number of amides is 1. The molecule has 17 heavy (non-hydrogen) atoms. The summed E-state index contributed by atoms with van der Waals surface area (Å²) in [5, 5.41) is 3.05. The molecule has 4 heteroatoms. The molecule has 1 fully saturated rings. The Labute approximate surface area is 105 Å². The number of likely N-dealkylation sites (N-methyl/N-ethyl adjacent to an activating group) is 1. The lowest BCUT2D eigenvalue weighted by atomic mass is 9.77. The monoisotopic (exact) mass is 241 g/mol. The van der Waals surface area contributed by atoms with Crippen molar-refractivity contribution in [2.24, 2.45) is 17.6 Å². The highest BCUT2D eigenvalue weighted by atomic mass is 16.1. The van der Waals surface area contributed by atoms with E-state index in [0.29, 0.717) is 18.5 Å². The maximum atomic E-state index is 12.1. The van der Waals surface area contributed by atoms with Crippen LogP contribution in [-0.2, 0) is 4.79 Å². The summed E-state index contributed by atoms with van der Waals surface area (Å²) in [7, 11) is 4.05. The van der Waals surface area contributed by atoms with Crippen LogP contribution < -0.4 is 11.1 Å². The van der Waals surface area contributed by atoms with Crippen LogP contribution in [0.2, 0.25) is 0 Å². The van der Waals surface area contributed by atoms with Gasteiger partial charge in [0, 0.05) is 24.5 Å². The predicted molar refractivity (Wildman–Crippen MR) is 70.6 cm³/mol. The Kier molecular flexibility index (Phi) is 5.40. The van der Waals surface area contributed by atoms with Gasteiger partial charge >= 0.3 is 0 Å². The molecule has 4 unspecified atom stereocenters. The molecule has 0 aliphatic heterocycles. The van der Waals surface area contributed by atoms with Gasteiger partial charge in [0.05, 0.1) is 0 Å². The molecule has 4 nitrogen and oxygen atoms in total. The Morgan fingerprint density at radius 1 is 1.47 bits per heavy atom. The van der Waals surface area contributed by atoms with Gasteiger partial charge in [0.1, 0.15) is 0 Å². The lowest BCUT2D eigenvalue weighted by molar-refractivity contribution is -0.127. The van der Waals surface area contributed by atoms with Gasteiger partial charge in [0.15, 0.2) is 0 Å². The summed E-state index contributed by atoms with van der Waals surface area (Å²) in [4.78, 5) is 14.2. The smallest absolute Gasteiger partial charge is 0.223 e. The number of hydrogen-bond acceptors (Lipinski definition) is 3. The zero-order chi connectivity index (χ0) is 13.0. The maximum Gasteiger partial charge on any atom is 0.223 e. The Bertz CT molecular complexity index is 255. The molecule has 0 aromatic rings. The fourth-order valence-electron chi connectivity index (χ4n) is 2.28. The van der Waals surface area contributed by atoms with Crippen molar-refractivity contribution in [3.8, 4) is 0 Å². The van der Waals surface area contributed by atoms with Gasteiger partial charge in [-0.2, -0.15) is 0 Å². The van der Waals surface area contributed by atoms with Crippen molar-refractivity contribution in [2.45, 2.75) is 45.2 Å². The summed E-state index contributed by atoms with van der Waals surface area (Å²) >= 11 is 0. The third-order valence-electron chi connectivity index (χ3n) is 4.03. The van der Waals surface area contributed by atoms with E-state index in [9.17, 15) is 4.79 Å². The first-order valence-corrected chi connectivity index (χ1v) is 6.61. The van der Waals surface area contributed by atoms with E-state index < -0.39 is 0 Å². The summed E-state index contributed by atoms with van der Waals surface area (Å²) in [5.41, 5.74) is 5.94. The molecule has 4 atom stereocenters. The minimum Gasteiger partial charge on any atom is -0.354 e. The van der Waals surface area contributed by atoms with Gasteiger partial charge in [0.2, 0.25) is 5.91 Å². The first kappa shape index (κ1) is 14.5. The van der Waals surface area contributed by atoms with Crippen LogP contribution in [0.5, 0.6) is 0 Å². The van der Waals surface area contributed by atoms with Gasteiger partial charge in [-0.25, -0.2) is 0 Å². The molecule has 0 bridgehead atoms. The number of nitrogens with two attached hydrogens (primary N) is 1. The minimum absolute atomic E-state index is 0.105. The second-order valence-corrected chi connectivity index (χ2v) is 5.71. The van der Waals surface area contributed by atoms with E-state index in [0.717, 1.165) is 19.3 Å². The molecule has 1 saturated carbocycles. The first-order chi connectivity index (χ1) is 7.91. The van der Waals surface area contributed by atoms with E-state index in [-0.39, 0.29) is 17.9 Å². The third kappa shape index (κ3) is 4.28. The summed E-state index contributed by atoms with van der Waals surface area (Å²) < 4.78 is 0. The molecule has 1 rings (SSSR count). The van der Waals surface area contributed by atoms with Crippen LogP contribution in [0, 0.1) is 11.8 Å². The maximum absolute atomic E-state index is 12.1. The van der Waals surface area contributed by atoms with Crippen molar-refractivity contribution in [3.63, 3.8) is 0 Å². The highest BCUT2D eigenvalue weighted by molar-refractivity contribution is 5.79. The van der Waals surface area contributed by atoms with E-state index in [1.807, 2.05) is 14.1 Å². The molecule has 0 radical (unpaired) electrons. The number of carbonyl (C=O) groups is 1. The quantitative estimate of drug-likeness (QED) is 0.766. The van der Waals surface area contributed by atoms with Gasteiger partial charge in [-0.3, -0.25) is 4.79 Å². The summed E-state index contributed by atoms with van der Waals surface area (Å²) in [6.45, 7) is 4.98. The van der Waals surface area contributed by atoms with Crippen LogP contribution in [0.3, 0.4) is 0 Å². The van der Waals surface area contributed by atoms with Gasteiger partial charge in [-0.15, -0.1) is 0 Å². The fraction of sp³-hybridized carbons (Fsp3) is 0.923. The van der Waals surface area contributed by atoms with E-state index in [4.69, 9.17) is 5.73 Å². The highest BCUT2D eigenvalue weighted by Crippen LogP contribution is 2.29. The average molecular weight is 241 g/mol. The number of nitrogens with one attached hydrogen (secondary N) is 1. The van der Waals surface area contributed by atoms with Gasteiger partial charge in [0.25, 0.3) is 0 Å². The van der Waals surface area contributed by atoms with E-state index in [1.54, 1.807) is 0 Å². The summed E-state index contributed by atoms with van der Waals surface area (Å²) in [6, 6.07) is 0.569. The molecule has 100 valence electrons. The van der Waals surface area contributed by atoms with Gasteiger partial charge in [-0.1, -0.05) is 6.92 Å².